The van der Waals surface area contributed by atoms with Crippen LogP contribution in [-0.4, -0.2) is 198 Å². The maximum atomic E-state index is 14.7. The monoisotopic (exact) mass is 1350 g/mol. The fourth-order valence-electron chi connectivity index (χ4n) is 11.0. The molecule has 10 atom stereocenters. The van der Waals surface area contributed by atoms with Crippen LogP contribution in [0.2, 0.25) is 0 Å². The number of nitrogens with one attached hydrogen (secondary N) is 8. The lowest BCUT2D eigenvalue weighted by atomic mass is 10.0. The van der Waals surface area contributed by atoms with Crippen LogP contribution in [0.5, 0.6) is 0 Å². The highest BCUT2D eigenvalue weighted by atomic mass is 32.2. The Hall–Kier alpha value is -8.91. The van der Waals surface area contributed by atoms with Gasteiger partial charge in [0.2, 0.25) is 76.8 Å². The van der Waals surface area contributed by atoms with Crippen LogP contribution in [-0.2, 0) is 75.2 Å². The largest absolute Gasteiger partial charge is 0.370 e. The van der Waals surface area contributed by atoms with Crippen molar-refractivity contribution in [2.24, 2.45) is 51.0 Å². The highest BCUT2D eigenvalue weighted by Gasteiger charge is 2.42. The fourth-order valence-corrected chi connectivity index (χ4v) is 11.5. The van der Waals surface area contributed by atoms with Crippen molar-refractivity contribution in [3.8, 4) is 0 Å². The van der Waals surface area contributed by atoms with E-state index in [1.807, 2.05) is 20.1 Å². The number of likely N-dealkylation sites (tertiary alicyclic amines) is 2. The normalized spacial score (nSPS) is 16.8. The lowest BCUT2D eigenvalue weighted by Crippen LogP contribution is -2.60. The number of nitrogens with two attached hydrogens (primary N) is 7. The smallest absolute Gasteiger partial charge is 0.245 e. The molecule has 2 aliphatic heterocycles. The van der Waals surface area contributed by atoms with E-state index in [0.717, 1.165) is 0 Å². The molecule has 524 valence electrons. The molecule has 0 radical (unpaired) electrons. The summed E-state index contributed by atoms with van der Waals surface area (Å²) in [6.45, 7) is 3.86. The molecule has 4 rings (SSSR count). The highest BCUT2D eigenvalue weighted by molar-refractivity contribution is 7.98. The number of carbonyl (C=O) groups excluding carboxylic acids is 13. The van der Waals surface area contributed by atoms with Crippen molar-refractivity contribution in [2.45, 2.75) is 183 Å². The summed E-state index contributed by atoms with van der Waals surface area (Å²) in [5.41, 5.74) is 40.6. The minimum absolute atomic E-state index is 0.0736. The molecule has 31 nitrogen and oxygen atoms in total. The van der Waals surface area contributed by atoms with E-state index in [1.165, 1.54) is 21.6 Å². The molecule has 2 aliphatic rings. The number of aliphatic imine (C=N–C) groups is 1. The molecule has 0 bridgehead atoms. The van der Waals surface area contributed by atoms with E-state index < -0.39 is 169 Å². The first-order valence-electron chi connectivity index (χ1n) is 32.2. The number of benzene rings is 2. The standard InChI is InChI=1S/C63H98N18O13S/c1-37(2)33-45(57(89)74-41(53(68)85)27-32-95-3)73-52(84)36-72-54(86)46(34-38-15-6-4-7-16-38)78-58(90)47(35-39-17-8-5-9-18-39)79-56(88)42(23-25-50(66)82)75-55(87)43(24-26-51(67)83)76-59(91)49-22-14-31-81(49)62(94)44(20-10-11-28-64)77-60(92)48-21-13-30-80(48)61(93)40(65)19-12-29-71-63(69)70/h4-9,15-18,37,40-49H,10-14,19-36,64-65H2,1-3H3,(H2,66,82)(H2,67,83)(H2,68,85)(H,72,86)(H,73,84)(H,74,89)(H,75,87)(H,76,91)(H,77,92)(H,78,90)(H,79,88)(H4,69,70,71)/t40-,41+,42-,43+,44+,45+,46+,47+,48+,49+/m1/s1. The van der Waals surface area contributed by atoms with Crippen LogP contribution >= 0.6 is 11.8 Å². The third-order valence-corrected chi connectivity index (χ3v) is 16.7. The molecular weight excluding hydrogens is 1250 g/mol. The molecule has 2 saturated heterocycles. The van der Waals surface area contributed by atoms with Gasteiger partial charge in [0.25, 0.3) is 0 Å². The summed E-state index contributed by atoms with van der Waals surface area (Å²) in [5.74, 6) is -9.80. The Balaban J connectivity index is 1.56. The number of rotatable bonds is 42. The van der Waals surface area contributed by atoms with Crippen LogP contribution in [0.3, 0.4) is 0 Å². The second-order valence-electron chi connectivity index (χ2n) is 24.1. The van der Waals surface area contributed by atoms with Crippen LogP contribution in [0.25, 0.3) is 0 Å². The van der Waals surface area contributed by atoms with Gasteiger partial charge in [0.1, 0.15) is 54.4 Å². The van der Waals surface area contributed by atoms with Gasteiger partial charge in [-0.05, 0) is 119 Å². The van der Waals surface area contributed by atoms with Crippen molar-refractivity contribution >= 4 is 94.5 Å². The third-order valence-electron chi connectivity index (χ3n) is 16.0. The van der Waals surface area contributed by atoms with E-state index in [1.54, 1.807) is 60.7 Å². The van der Waals surface area contributed by atoms with Crippen molar-refractivity contribution in [3.05, 3.63) is 71.8 Å². The van der Waals surface area contributed by atoms with Crippen molar-refractivity contribution in [3.63, 3.8) is 0 Å². The lowest BCUT2D eigenvalue weighted by molar-refractivity contribution is -0.144. The second-order valence-corrected chi connectivity index (χ2v) is 25.1. The van der Waals surface area contributed by atoms with Gasteiger partial charge in [-0.2, -0.15) is 11.8 Å². The molecular formula is C63H98N18O13S. The lowest BCUT2D eigenvalue weighted by Gasteiger charge is -2.32. The first-order chi connectivity index (χ1) is 45.2. The Labute approximate surface area is 558 Å². The van der Waals surface area contributed by atoms with Gasteiger partial charge in [-0.25, -0.2) is 0 Å². The Morgan fingerprint density at radius 3 is 1.51 bits per heavy atom. The molecule has 0 unspecified atom stereocenters. The Morgan fingerprint density at radius 2 is 1.01 bits per heavy atom. The Morgan fingerprint density at radius 1 is 0.537 bits per heavy atom. The number of nitrogens with zero attached hydrogens (tertiary/aromatic N) is 3. The van der Waals surface area contributed by atoms with Crippen LogP contribution in [0.15, 0.2) is 65.7 Å². The first-order valence-corrected chi connectivity index (χ1v) is 33.6. The highest BCUT2D eigenvalue weighted by Crippen LogP contribution is 2.24. The van der Waals surface area contributed by atoms with Gasteiger partial charge >= 0.3 is 0 Å². The minimum atomic E-state index is -1.64. The van der Waals surface area contributed by atoms with E-state index >= 15 is 0 Å². The van der Waals surface area contributed by atoms with Gasteiger partial charge in [0, 0.05) is 45.3 Å². The Kier molecular flexibility index (Phi) is 33.9. The van der Waals surface area contributed by atoms with E-state index in [2.05, 4.69) is 47.5 Å². The average molecular weight is 1350 g/mol. The number of hydrogen-bond donors (Lipinski definition) is 15. The van der Waals surface area contributed by atoms with E-state index in [4.69, 9.17) is 40.1 Å². The van der Waals surface area contributed by atoms with Crippen LogP contribution in [0, 0.1) is 5.92 Å². The van der Waals surface area contributed by atoms with Gasteiger partial charge in [0.15, 0.2) is 5.96 Å². The van der Waals surface area contributed by atoms with E-state index in [9.17, 15) is 62.3 Å². The molecule has 95 heavy (non-hydrogen) atoms. The number of hydrogen-bond acceptors (Lipinski definition) is 17. The van der Waals surface area contributed by atoms with Crippen LogP contribution in [0.1, 0.15) is 121 Å². The SMILES string of the molecule is CSCC[C@H](NC(=O)[C@H](CC(C)C)NC(=O)CNC(=O)[C@H](Cc1ccccc1)NC(=O)[C@H](Cc1ccccc1)NC(=O)[C@@H](CCC(N)=O)NC(=O)[C@H](CCC(N)=O)NC(=O)[C@@H]1CCCN1C(=O)[C@H](CCCCN)NC(=O)[C@@H]1CCCN1C(=O)[C@H](N)CCCN=C(N)N)C(N)=O. The average Bonchev–Trinajstić information content (AvgIpc) is 1.74. The molecule has 0 spiro atoms. The maximum Gasteiger partial charge on any atom is 0.245 e. The molecule has 2 heterocycles. The topological polar surface area (TPSA) is 519 Å². The van der Waals surface area contributed by atoms with Crippen LogP contribution < -0.4 is 82.7 Å². The zero-order chi connectivity index (χ0) is 70.1. The van der Waals surface area contributed by atoms with Crippen molar-refractivity contribution in [1.29, 1.82) is 0 Å². The quantitative estimate of drug-likeness (QED) is 0.0173. The van der Waals surface area contributed by atoms with E-state index in [0.29, 0.717) is 55.4 Å². The van der Waals surface area contributed by atoms with E-state index in [-0.39, 0.29) is 83.0 Å². The molecule has 32 heteroatoms. The molecule has 2 fully saturated rings. The summed E-state index contributed by atoms with van der Waals surface area (Å²) in [5, 5.41) is 21.1. The summed E-state index contributed by atoms with van der Waals surface area (Å²) >= 11 is 1.45. The Bertz CT molecular complexity index is 2960. The summed E-state index contributed by atoms with van der Waals surface area (Å²) in [6.07, 6.45) is 3.12. The van der Waals surface area contributed by atoms with Crippen molar-refractivity contribution in [2.75, 3.05) is 44.7 Å². The number of unbranched alkanes of at least 4 members (excludes halogenated alkanes) is 1. The minimum Gasteiger partial charge on any atom is -0.370 e. The number of thioether (sulfide) groups is 1. The molecule has 0 saturated carbocycles. The zero-order valence-corrected chi connectivity index (χ0v) is 55.3. The number of guanidine groups is 1. The van der Waals surface area contributed by atoms with Gasteiger partial charge in [-0.15, -0.1) is 0 Å². The summed E-state index contributed by atoms with van der Waals surface area (Å²) < 4.78 is 0. The first kappa shape index (κ1) is 78.5. The number of primary amides is 3. The summed E-state index contributed by atoms with van der Waals surface area (Å²) in [4.78, 5) is 185. The second kappa shape index (κ2) is 41.0. The van der Waals surface area contributed by atoms with Gasteiger partial charge < -0.3 is 92.5 Å². The van der Waals surface area contributed by atoms with Crippen molar-refractivity contribution in [1.82, 2.24) is 52.3 Å². The zero-order valence-electron chi connectivity index (χ0n) is 54.5. The van der Waals surface area contributed by atoms with Gasteiger partial charge in [0.05, 0.1) is 12.6 Å². The third kappa shape index (κ3) is 27.5. The maximum absolute atomic E-state index is 14.7. The molecule has 2 aromatic rings. The summed E-state index contributed by atoms with van der Waals surface area (Å²) in [7, 11) is 0. The van der Waals surface area contributed by atoms with Crippen molar-refractivity contribution < 1.29 is 62.3 Å². The predicted molar refractivity (Wildman–Crippen MR) is 356 cm³/mol. The van der Waals surface area contributed by atoms with Gasteiger partial charge in [-0.3, -0.25) is 67.3 Å². The van der Waals surface area contributed by atoms with Crippen LogP contribution in [0.4, 0.5) is 0 Å². The molecule has 22 N–H and O–H groups in total. The molecule has 0 aliphatic carbocycles. The van der Waals surface area contributed by atoms with Gasteiger partial charge in [-0.1, -0.05) is 74.5 Å². The summed E-state index contributed by atoms with van der Waals surface area (Å²) in [6, 6.07) is 4.51. The molecule has 2 aromatic carbocycles. The molecule has 0 aromatic heterocycles. The predicted octanol–water partition coefficient (Wildman–Crippen LogP) is -3.71. The number of amides is 13. The molecule has 13 amide bonds. The fraction of sp³-hybridized carbons (Fsp3) is 0.587. The number of carbonyl (C=O) groups is 13.